The largest absolute Gasteiger partial charge is 0.455 e. The molecule has 58 heavy (non-hydrogen) atoms. The van der Waals surface area contributed by atoms with Crippen LogP contribution in [0, 0.1) is 0 Å². The van der Waals surface area contributed by atoms with Crippen molar-refractivity contribution in [3.63, 3.8) is 0 Å². The van der Waals surface area contributed by atoms with Crippen molar-refractivity contribution in [3.05, 3.63) is 224 Å². The van der Waals surface area contributed by atoms with Crippen LogP contribution in [-0.2, 0) is 0 Å². The number of rotatable bonds is 7. The zero-order chi connectivity index (χ0) is 38.4. The number of fused-ring (bicyclic) bond motifs is 6. The molecule has 0 saturated carbocycles. The van der Waals surface area contributed by atoms with Crippen LogP contribution in [0.1, 0.15) is 0 Å². The third-order valence-corrected chi connectivity index (χ3v) is 11.5. The van der Waals surface area contributed by atoms with Crippen molar-refractivity contribution in [1.82, 2.24) is 0 Å². The van der Waals surface area contributed by atoms with Gasteiger partial charge in [-0.1, -0.05) is 170 Å². The first-order valence-corrected chi connectivity index (χ1v) is 19.8. The van der Waals surface area contributed by atoms with E-state index in [2.05, 4.69) is 229 Å². The molecule has 2 nitrogen and oxygen atoms in total. The molecule has 11 rings (SSSR count). The molecule has 11 aromatic rings. The SMILES string of the molecule is c1ccc(-c2ccc(N(c3ccc(-c4ccccc4)cc3)c3ccc(-c4ccc5oc6c(-c7cc8ccccc8c8ccccc78)cccc6c5c4)cc3)cc2)cc1. The fourth-order valence-corrected chi connectivity index (χ4v) is 8.58. The number of hydrogen-bond acceptors (Lipinski definition) is 2. The van der Waals surface area contributed by atoms with Gasteiger partial charge in [-0.05, 0) is 115 Å². The Morgan fingerprint density at radius 1 is 0.276 bits per heavy atom. The van der Waals surface area contributed by atoms with E-state index in [1.807, 2.05) is 0 Å². The van der Waals surface area contributed by atoms with Crippen LogP contribution in [0.5, 0.6) is 0 Å². The number of nitrogens with zero attached hydrogens (tertiary/aromatic N) is 1. The molecule has 0 fully saturated rings. The lowest BCUT2D eigenvalue weighted by Gasteiger charge is -2.26. The molecule has 0 aliphatic carbocycles. The smallest absolute Gasteiger partial charge is 0.143 e. The highest BCUT2D eigenvalue weighted by atomic mass is 16.3. The number of benzene rings is 10. The van der Waals surface area contributed by atoms with Gasteiger partial charge in [0.2, 0.25) is 0 Å². The van der Waals surface area contributed by atoms with Gasteiger partial charge >= 0.3 is 0 Å². The summed E-state index contributed by atoms with van der Waals surface area (Å²) in [5.41, 5.74) is 14.5. The van der Waals surface area contributed by atoms with Gasteiger partial charge in [0.1, 0.15) is 11.2 Å². The van der Waals surface area contributed by atoms with Crippen molar-refractivity contribution < 1.29 is 4.42 Å². The molecule has 2 heteroatoms. The van der Waals surface area contributed by atoms with Crippen LogP contribution in [0.3, 0.4) is 0 Å². The van der Waals surface area contributed by atoms with Gasteiger partial charge in [0.25, 0.3) is 0 Å². The number of para-hydroxylation sites is 1. The van der Waals surface area contributed by atoms with Gasteiger partial charge in [0.05, 0.1) is 0 Å². The number of furan rings is 1. The Balaban J connectivity index is 0.970. The van der Waals surface area contributed by atoms with Crippen molar-refractivity contribution in [2.45, 2.75) is 0 Å². The monoisotopic (exact) mass is 739 g/mol. The zero-order valence-electron chi connectivity index (χ0n) is 31.7. The molecule has 0 spiro atoms. The molecule has 0 aliphatic heterocycles. The summed E-state index contributed by atoms with van der Waals surface area (Å²) in [6.45, 7) is 0. The quantitative estimate of drug-likeness (QED) is 0.151. The maximum Gasteiger partial charge on any atom is 0.143 e. The summed E-state index contributed by atoms with van der Waals surface area (Å²) in [5, 5.41) is 7.19. The summed E-state index contributed by atoms with van der Waals surface area (Å²) < 4.78 is 6.70. The highest BCUT2D eigenvalue weighted by molar-refractivity contribution is 6.18. The van der Waals surface area contributed by atoms with E-state index in [1.54, 1.807) is 0 Å². The van der Waals surface area contributed by atoms with E-state index in [0.29, 0.717) is 0 Å². The second kappa shape index (κ2) is 14.1. The van der Waals surface area contributed by atoms with E-state index >= 15 is 0 Å². The highest BCUT2D eigenvalue weighted by Gasteiger charge is 2.18. The molecule has 0 radical (unpaired) electrons. The van der Waals surface area contributed by atoms with Crippen LogP contribution < -0.4 is 4.90 Å². The van der Waals surface area contributed by atoms with Crippen molar-refractivity contribution in [1.29, 1.82) is 0 Å². The van der Waals surface area contributed by atoms with E-state index < -0.39 is 0 Å². The van der Waals surface area contributed by atoms with Crippen LogP contribution >= 0.6 is 0 Å². The standard InChI is InChI=1S/C56H37NO/c1-3-12-38(13-4-1)40-22-29-45(30-23-40)57(46-31-24-41(25-32-46)39-14-5-2-6-15-39)47-33-26-42(27-34-47)43-28-35-55-54(36-43)52-21-11-20-51(56(52)58-55)53-37-44-16-7-8-17-48(44)49-18-9-10-19-50(49)53/h1-37H. The Labute approximate surface area is 337 Å². The molecule has 0 saturated heterocycles. The van der Waals surface area contributed by atoms with Crippen LogP contribution in [0.4, 0.5) is 17.1 Å². The summed E-state index contributed by atoms with van der Waals surface area (Å²) in [6, 6.07) is 80.5. The third kappa shape index (κ3) is 5.91. The Morgan fingerprint density at radius 3 is 1.34 bits per heavy atom. The molecular weight excluding hydrogens is 703 g/mol. The third-order valence-electron chi connectivity index (χ3n) is 11.5. The van der Waals surface area contributed by atoms with Crippen LogP contribution in [0.25, 0.3) is 88.0 Å². The maximum atomic E-state index is 6.70. The molecule has 272 valence electrons. The molecule has 0 amide bonds. The Kier molecular flexibility index (Phi) is 8.19. The number of hydrogen-bond donors (Lipinski definition) is 0. The fourth-order valence-electron chi connectivity index (χ4n) is 8.58. The minimum absolute atomic E-state index is 0.886. The molecule has 0 aliphatic rings. The zero-order valence-corrected chi connectivity index (χ0v) is 31.7. The van der Waals surface area contributed by atoms with Gasteiger partial charge in [0.15, 0.2) is 0 Å². The Hall–Kier alpha value is -7.68. The van der Waals surface area contributed by atoms with Gasteiger partial charge in [-0.3, -0.25) is 0 Å². The molecular formula is C56H37NO. The second-order valence-electron chi connectivity index (χ2n) is 14.9. The normalized spacial score (nSPS) is 11.4. The van der Waals surface area contributed by atoms with E-state index in [4.69, 9.17) is 4.42 Å². The van der Waals surface area contributed by atoms with Crippen molar-refractivity contribution in [2.75, 3.05) is 4.90 Å². The molecule has 0 unspecified atom stereocenters. The molecule has 0 N–H and O–H groups in total. The maximum absolute atomic E-state index is 6.70. The Morgan fingerprint density at radius 2 is 0.741 bits per heavy atom. The minimum atomic E-state index is 0.886. The predicted molar refractivity (Wildman–Crippen MR) is 245 cm³/mol. The average Bonchev–Trinajstić information content (AvgIpc) is 3.69. The molecule has 10 aromatic carbocycles. The van der Waals surface area contributed by atoms with Gasteiger partial charge in [-0.15, -0.1) is 0 Å². The first-order valence-electron chi connectivity index (χ1n) is 19.8. The lowest BCUT2D eigenvalue weighted by Crippen LogP contribution is -2.09. The predicted octanol–water partition coefficient (Wildman–Crippen LogP) is 16.0. The van der Waals surface area contributed by atoms with Crippen molar-refractivity contribution >= 4 is 60.5 Å². The van der Waals surface area contributed by atoms with Gasteiger partial charge in [0, 0.05) is 33.4 Å². The summed E-state index contributed by atoms with van der Waals surface area (Å²) >= 11 is 0. The molecule has 1 heterocycles. The van der Waals surface area contributed by atoms with E-state index in [-0.39, 0.29) is 0 Å². The first-order chi connectivity index (χ1) is 28.7. The van der Waals surface area contributed by atoms with E-state index in [1.165, 1.54) is 49.4 Å². The van der Waals surface area contributed by atoms with Crippen molar-refractivity contribution in [3.8, 4) is 44.5 Å². The minimum Gasteiger partial charge on any atom is -0.455 e. The van der Waals surface area contributed by atoms with Gasteiger partial charge in [-0.2, -0.15) is 0 Å². The second-order valence-corrected chi connectivity index (χ2v) is 14.9. The van der Waals surface area contributed by atoms with Crippen molar-refractivity contribution in [2.24, 2.45) is 0 Å². The van der Waals surface area contributed by atoms with Crippen LogP contribution in [0.15, 0.2) is 229 Å². The highest BCUT2D eigenvalue weighted by Crippen LogP contribution is 2.43. The van der Waals surface area contributed by atoms with Gasteiger partial charge < -0.3 is 9.32 Å². The topological polar surface area (TPSA) is 16.4 Å². The fraction of sp³-hybridized carbons (Fsp3) is 0. The van der Waals surface area contributed by atoms with Crippen LogP contribution in [-0.4, -0.2) is 0 Å². The molecule has 1 aromatic heterocycles. The number of anilines is 3. The summed E-state index contributed by atoms with van der Waals surface area (Å²) in [4.78, 5) is 2.33. The summed E-state index contributed by atoms with van der Waals surface area (Å²) in [6.07, 6.45) is 0. The molecule has 0 bridgehead atoms. The summed E-state index contributed by atoms with van der Waals surface area (Å²) in [7, 11) is 0. The van der Waals surface area contributed by atoms with E-state index in [9.17, 15) is 0 Å². The average molecular weight is 740 g/mol. The van der Waals surface area contributed by atoms with Crippen LogP contribution in [0.2, 0.25) is 0 Å². The Bertz CT molecular complexity index is 3150. The lowest BCUT2D eigenvalue weighted by atomic mass is 9.92. The van der Waals surface area contributed by atoms with Gasteiger partial charge in [-0.25, -0.2) is 0 Å². The van der Waals surface area contributed by atoms with E-state index in [0.717, 1.165) is 55.7 Å². The lowest BCUT2D eigenvalue weighted by molar-refractivity contribution is 0.670. The molecule has 0 atom stereocenters. The summed E-state index contributed by atoms with van der Waals surface area (Å²) in [5.74, 6) is 0. The first kappa shape index (κ1) is 33.6.